The monoisotopic (exact) mass is 247 g/mol. The van der Waals surface area contributed by atoms with Gasteiger partial charge in [-0.25, -0.2) is 0 Å². The molecule has 1 N–H and O–H groups in total. The molecule has 0 bridgehead atoms. The van der Waals surface area contributed by atoms with Crippen LogP contribution in [0.5, 0.6) is 5.75 Å². The summed E-state index contributed by atoms with van der Waals surface area (Å²) in [4.78, 5) is 4.15. The lowest BCUT2D eigenvalue weighted by Crippen LogP contribution is -2.18. The largest absolute Gasteiger partial charge is 0.497 e. The first-order chi connectivity index (χ1) is 8.69. The van der Waals surface area contributed by atoms with Gasteiger partial charge >= 0.3 is 0 Å². The van der Waals surface area contributed by atoms with Gasteiger partial charge in [0.2, 0.25) is 5.89 Å². The summed E-state index contributed by atoms with van der Waals surface area (Å²) in [5, 5.41) is 7.18. The van der Waals surface area contributed by atoms with E-state index in [0.717, 1.165) is 11.3 Å². The molecular weight excluding hydrogens is 230 g/mol. The van der Waals surface area contributed by atoms with Crippen molar-refractivity contribution in [2.24, 2.45) is 0 Å². The molecule has 0 aliphatic rings. The maximum atomic E-state index is 5.20. The molecule has 0 spiro atoms. The predicted molar refractivity (Wildman–Crippen MR) is 67.3 cm³/mol. The van der Waals surface area contributed by atoms with E-state index in [1.54, 1.807) is 14.0 Å². The van der Waals surface area contributed by atoms with E-state index in [4.69, 9.17) is 9.26 Å². The Morgan fingerprint density at radius 2 is 2.28 bits per heavy atom. The number of hydrogen-bond acceptors (Lipinski definition) is 5. The van der Waals surface area contributed by atoms with Crippen LogP contribution in [0.1, 0.15) is 30.2 Å². The minimum absolute atomic E-state index is 0.193. The van der Waals surface area contributed by atoms with Crippen molar-refractivity contribution in [3.63, 3.8) is 0 Å². The Kier molecular flexibility index (Phi) is 3.94. The highest BCUT2D eigenvalue weighted by Crippen LogP contribution is 2.18. The average molecular weight is 247 g/mol. The van der Waals surface area contributed by atoms with Gasteiger partial charge < -0.3 is 14.6 Å². The van der Waals surface area contributed by atoms with Gasteiger partial charge in [-0.15, -0.1) is 0 Å². The molecule has 96 valence electrons. The number of aryl methyl sites for hydroxylation is 1. The maximum absolute atomic E-state index is 5.20. The second-order valence-corrected chi connectivity index (χ2v) is 4.11. The second-order valence-electron chi connectivity index (χ2n) is 4.11. The summed E-state index contributed by atoms with van der Waals surface area (Å²) in [6.07, 6.45) is 0. The summed E-state index contributed by atoms with van der Waals surface area (Å²) < 4.78 is 10.1. The lowest BCUT2D eigenvalue weighted by molar-refractivity contribution is 0.384. The van der Waals surface area contributed by atoms with Crippen LogP contribution in [0.15, 0.2) is 28.8 Å². The van der Waals surface area contributed by atoms with Gasteiger partial charge in [-0.05, 0) is 24.6 Å². The summed E-state index contributed by atoms with van der Waals surface area (Å²) in [5.74, 6) is 2.11. The first-order valence-electron chi connectivity index (χ1n) is 5.85. The van der Waals surface area contributed by atoms with Gasteiger partial charge in [0.15, 0.2) is 5.82 Å². The lowest BCUT2D eigenvalue weighted by Gasteiger charge is -2.13. The molecule has 0 saturated heterocycles. The normalized spacial score (nSPS) is 12.4. The molecule has 0 saturated carbocycles. The van der Waals surface area contributed by atoms with Crippen LogP contribution in [0.3, 0.4) is 0 Å². The summed E-state index contributed by atoms with van der Waals surface area (Å²) in [6, 6.07) is 8.17. The quantitative estimate of drug-likeness (QED) is 0.878. The molecule has 0 aliphatic carbocycles. The molecule has 1 aromatic carbocycles. The third-order valence-electron chi connectivity index (χ3n) is 2.73. The lowest BCUT2D eigenvalue weighted by atomic mass is 10.1. The Hall–Kier alpha value is -1.88. The van der Waals surface area contributed by atoms with Crippen molar-refractivity contribution < 1.29 is 9.26 Å². The predicted octanol–water partition coefficient (Wildman–Crippen LogP) is 2.24. The highest BCUT2D eigenvalue weighted by atomic mass is 16.5. The van der Waals surface area contributed by atoms with Crippen molar-refractivity contribution in [1.82, 2.24) is 15.5 Å². The van der Waals surface area contributed by atoms with E-state index in [1.807, 2.05) is 18.2 Å². The Bertz CT molecular complexity index is 510. The van der Waals surface area contributed by atoms with Crippen molar-refractivity contribution in [1.29, 1.82) is 0 Å². The molecule has 18 heavy (non-hydrogen) atoms. The number of methoxy groups -OCH3 is 1. The molecule has 0 fully saturated rings. The van der Waals surface area contributed by atoms with Crippen molar-refractivity contribution >= 4 is 0 Å². The minimum atomic E-state index is 0.193. The van der Waals surface area contributed by atoms with Crippen molar-refractivity contribution in [2.75, 3.05) is 7.11 Å². The van der Waals surface area contributed by atoms with E-state index in [2.05, 4.69) is 28.4 Å². The summed E-state index contributed by atoms with van der Waals surface area (Å²) in [6.45, 7) is 4.44. The Morgan fingerprint density at radius 1 is 1.44 bits per heavy atom. The van der Waals surface area contributed by atoms with Crippen LogP contribution in [-0.2, 0) is 6.54 Å². The number of ether oxygens (including phenoxy) is 1. The molecule has 5 nitrogen and oxygen atoms in total. The smallest absolute Gasteiger partial charge is 0.223 e. The molecule has 1 heterocycles. The average Bonchev–Trinajstić information content (AvgIpc) is 2.82. The second kappa shape index (κ2) is 5.64. The Balaban J connectivity index is 1.96. The molecular formula is C13H17N3O2. The van der Waals surface area contributed by atoms with Crippen LogP contribution >= 0.6 is 0 Å². The third-order valence-corrected chi connectivity index (χ3v) is 2.73. The first kappa shape index (κ1) is 12.6. The van der Waals surface area contributed by atoms with Crippen LogP contribution in [0.4, 0.5) is 0 Å². The Morgan fingerprint density at radius 3 is 2.94 bits per heavy atom. The SMILES string of the molecule is COc1cccc([C@H](C)NCc2noc(C)n2)c1. The summed E-state index contributed by atoms with van der Waals surface area (Å²) in [5.41, 5.74) is 1.16. The number of benzene rings is 1. The molecule has 0 unspecified atom stereocenters. The van der Waals surface area contributed by atoms with E-state index in [1.165, 1.54) is 0 Å². The number of aromatic nitrogens is 2. The molecule has 2 aromatic rings. The van der Waals surface area contributed by atoms with Crippen molar-refractivity contribution in [2.45, 2.75) is 26.4 Å². The van der Waals surface area contributed by atoms with Gasteiger partial charge in [0.1, 0.15) is 5.75 Å². The van der Waals surface area contributed by atoms with Gasteiger partial charge in [0, 0.05) is 13.0 Å². The number of nitrogens with one attached hydrogen (secondary N) is 1. The first-order valence-corrected chi connectivity index (χ1v) is 5.85. The molecule has 1 aromatic heterocycles. The van der Waals surface area contributed by atoms with Gasteiger partial charge in [0.05, 0.1) is 13.7 Å². The number of nitrogens with zero attached hydrogens (tertiary/aromatic N) is 2. The fraction of sp³-hybridized carbons (Fsp3) is 0.385. The van der Waals surface area contributed by atoms with Crippen LogP contribution < -0.4 is 10.1 Å². The fourth-order valence-corrected chi connectivity index (χ4v) is 1.69. The maximum Gasteiger partial charge on any atom is 0.223 e. The van der Waals surface area contributed by atoms with E-state index < -0.39 is 0 Å². The standard InChI is InChI=1S/C13H17N3O2/c1-9(11-5-4-6-12(7-11)17-3)14-8-13-15-10(2)18-16-13/h4-7,9,14H,8H2,1-3H3/t9-/m0/s1. The van der Waals surface area contributed by atoms with Gasteiger partial charge in [-0.3, -0.25) is 0 Å². The number of hydrogen-bond donors (Lipinski definition) is 1. The number of rotatable bonds is 5. The van der Waals surface area contributed by atoms with E-state index >= 15 is 0 Å². The highest BCUT2D eigenvalue weighted by Gasteiger charge is 2.08. The molecule has 0 amide bonds. The highest BCUT2D eigenvalue weighted by molar-refractivity contribution is 5.30. The molecule has 0 aliphatic heterocycles. The van der Waals surface area contributed by atoms with E-state index in [9.17, 15) is 0 Å². The van der Waals surface area contributed by atoms with Crippen LogP contribution in [0.2, 0.25) is 0 Å². The molecule has 1 atom stereocenters. The van der Waals surface area contributed by atoms with E-state index in [-0.39, 0.29) is 6.04 Å². The van der Waals surface area contributed by atoms with Crippen LogP contribution in [-0.4, -0.2) is 17.3 Å². The summed E-state index contributed by atoms with van der Waals surface area (Å²) >= 11 is 0. The van der Waals surface area contributed by atoms with E-state index in [0.29, 0.717) is 18.3 Å². The van der Waals surface area contributed by atoms with Crippen LogP contribution in [0.25, 0.3) is 0 Å². The molecule has 2 rings (SSSR count). The van der Waals surface area contributed by atoms with Gasteiger partial charge in [-0.1, -0.05) is 17.3 Å². The van der Waals surface area contributed by atoms with Crippen LogP contribution in [0, 0.1) is 6.92 Å². The third kappa shape index (κ3) is 3.07. The van der Waals surface area contributed by atoms with Gasteiger partial charge in [-0.2, -0.15) is 4.98 Å². The Labute approximate surface area is 106 Å². The van der Waals surface area contributed by atoms with Crippen molar-refractivity contribution in [3.05, 3.63) is 41.5 Å². The molecule has 0 radical (unpaired) electrons. The zero-order chi connectivity index (χ0) is 13.0. The molecule has 5 heteroatoms. The van der Waals surface area contributed by atoms with Crippen molar-refractivity contribution in [3.8, 4) is 5.75 Å². The zero-order valence-corrected chi connectivity index (χ0v) is 10.8. The minimum Gasteiger partial charge on any atom is -0.497 e. The fourth-order valence-electron chi connectivity index (χ4n) is 1.69. The van der Waals surface area contributed by atoms with Gasteiger partial charge in [0.25, 0.3) is 0 Å². The summed E-state index contributed by atoms with van der Waals surface area (Å²) in [7, 11) is 1.67. The topological polar surface area (TPSA) is 60.2 Å². The zero-order valence-electron chi connectivity index (χ0n) is 10.8.